The molecule has 4 rings (SSSR count). The van der Waals surface area contributed by atoms with Crippen LogP contribution < -0.4 is 10.7 Å². The summed E-state index contributed by atoms with van der Waals surface area (Å²) in [6.07, 6.45) is 2.50. The van der Waals surface area contributed by atoms with Gasteiger partial charge in [0.25, 0.3) is 5.89 Å². The van der Waals surface area contributed by atoms with Crippen molar-refractivity contribution in [1.82, 2.24) is 10.1 Å². The van der Waals surface area contributed by atoms with E-state index in [2.05, 4.69) is 26.7 Å². The Morgan fingerprint density at radius 3 is 2.65 bits per heavy atom. The number of rotatable bonds is 4. The van der Waals surface area contributed by atoms with Crippen molar-refractivity contribution in [2.24, 2.45) is 9.98 Å². The number of aromatic nitrogens is 2. The van der Waals surface area contributed by atoms with Gasteiger partial charge in [-0.25, -0.2) is 0 Å². The minimum absolute atomic E-state index is 0.0692. The first kappa shape index (κ1) is 13.6. The summed E-state index contributed by atoms with van der Waals surface area (Å²) in [7, 11) is 0. The van der Waals surface area contributed by atoms with Crippen LogP contribution in [0.5, 0.6) is 0 Å². The smallest absolute Gasteiger partial charge is 0.258 e. The molecular weight excluding hydrogens is 288 g/mol. The molecule has 2 aromatic carbocycles. The van der Waals surface area contributed by atoms with Crippen LogP contribution in [0.4, 0.5) is 0 Å². The summed E-state index contributed by atoms with van der Waals surface area (Å²) in [5, 5.41) is 5.79. The zero-order chi connectivity index (χ0) is 15.6. The maximum atomic E-state index is 5.39. The van der Waals surface area contributed by atoms with Crippen LogP contribution in [0.25, 0.3) is 22.8 Å². The van der Waals surface area contributed by atoms with Crippen LogP contribution in [0, 0.1) is 0 Å². The molecule has 0 radical (unpaired) electrons. The van der Waals surface area contributed by atoms with Crippen LogP contribution in [0.2, 0.25) is 0 Å². The molecule has 0 spiro atoms. The van der Waals surface area contributed by atoms with Gasteiger partial charge in [0, 0.05) is 17.5 Å². The fourth-order valence-corrected chi connectivity index (χ4v) is 2.52. The number of nitrogens with zero attached hydrogens (tertiary/aromatic N) is 4. The van der Waals surface area contributed by atoms with Gasteiger partial charge in [-0.3, -0.25) is 9.98 Å². The number of benzene rings is 2. The first-order valence-electron chi connectivity index (χ1n) is 7.39. The van der Waals surface area contributed by atoms with Gasteiger partial charge in [-0.15, -0.1) is 6.58 Å². The molecule has 0 saturated carbocycles. The van der Waals surface area contributed by atoms with E-state index in [1.807, 2.05) is 54.6 Å². The Hall–Kier alpha value is -3.08. The molecule has 0 bridgehead atoms. The Labute approximate surface area is 132 Å². The van der Waals surface area contributed by atoms with Gasteiger partial charge in [0.05, 0.1) is 10.7 Å². The summed E-state index contributed by atoms with van der Waals surface area (Å²) in [4.78, 5) is 13.6. The van der Waals surface area contributed by atoms with Crippen molar-refractivity contribution in [3.05, 3.63) is 71.9 Å². The third-order valence-corrected chi connectivity index (χ3v) is 3.63. The van der Waals surface area contributed by atoms with E-state index in [9.17, 15) is 0 Å². The Bertz CT molecular complexity index is 976. The summed E-state index contributed by atoms with van der Waals surface area (Å²) in [5.74, 6) is 1.06. The Morgan fingerprint density at radius 1 is 1.00 bits per heavy atom. The first-order chi connectivity index (χ1) is 11.3. The molecule has 112 valence electrons. The van der Waals surface area contributed by atoms with Crippen molar-refractivity contribution < 1.29 is 4.52 Å². The van der Waals surface area contributed by atoms with E-state index >= 15 is 0 Å². The molecule has 0 aliphatic carbocycles. The SMILES string of the molecule is C=CCC1N=c2ccc(-c3nc(-c4ccccc4)no3)cc2=N1. The van der Waals surface area contributed by atoms with Crippen molar-refractivity contribution in [2.75, 3.05) is 0 Å². The third-order valence-electron chi connectivity index (χ3n) is 3.63. The van der Waals surface area contributed by atoms with Gasteiger partial charge in [-0.2, -0.15) is 4.98 Å². The second kappa shape index (κ2) is 5.61. The Balaban J connectivity index is 1.70. The molecule has 1 unspecified atom stereocenters. The number of hydrogen-bond donors (Lipinski definition) is 0. The molecule has 2 heterocycles. The molecule has 1 atom stereocenters. The molecule has 1 aliphatic heterocycles. The Morgan fingerprint density at radius 2 is 1.83 bits per heavy atom. The molecular formula is C18H14N4O. The normalized spacial score (nSPS) is 15.6. The number of fused-ring (bicyclic) bond motifs is 1. The predicted molar refractivity (Wildman–Crippen MR) is 86.1 cm³/mol. The quantitative estimate of drug-likeness (QED) is 0.696. The van der Waals surface area contributed by atoms with Gasteiger partial charge in [-0.05, 0) is 18.2 Å². The zero-order valence-electron chi connectivity index (χ0n) is 12.4. The number of hydrogen-bond acceptors (Lipinski definition) is 5. The molecule has 3 aromatic rings. The van der Waals surface area contributed by atoms with E-state index in [1.54, 1.807) is 0 Å². The van der Waals surface area contributed by atoms with E-state index in [-0.39, 0.29) is 6.17 Å². The molecule has 0 N–H and O–H groups in total. The van der Waals surface area contributed by atoms with Crippen molar-refractivity contribution >= 4 is 0 Å². The van der Waals surface area contributed by atoms with Crippen LogP contribution in [0.1, 0.15) is 6.42 Å². The van der Waals surface area contributed by atoms with Gasteiger partial charge in [0.2, 0.25) is 5.82 Å². The minimum atomic E-state index is -0.0692. The zero-order valence-corrected chi connectivity index (χ0v) is 12.4. The van der Waals surface area contributed by atoms with E-state index in [0.717, 1.165) is 28.3 Å². The van der Waals surface area contributed by atoms with Crippen molar-refractivity contribution in [2.45, 2.75) is 12.6 Å². The minimum Gasteiger partial charge on any atom is -0.334 e. The lowest BCUT2D eigenvalue weighted by Gasteiger charge is -1.95. The molecule has 5 nitrogen and oxygen atoms in total. The predicted octanol–water partition coefficient (Wildman–Crippen LogP) is 2.56. The van der Waals surface area contributed by atoms with E-state index in [4.69, 9.17) is 4.52 Å². The van der Waals surface area contributed by atoms with Crippen molar-refractivity contribution in [1.29, 1.82) is 0 Å². The molecule has 0 saturated heterocycles. The van der Waals surface area contributed by atoms with Gasteiger partial charge in [0.15, 0.2) is 0 Å². The highest BCUT2D eigenvalue weighted by atomic mass is 16.5. The second-order valence-electron chi connectivity index (χ2n) is 5.26. The van der Waals surface area contributed by atoms with Crippen LogP contribution in [0.15, 0.2) is 75.7 Å². The average Bonchev–Trinajstić information content (AvgIpc) is 3.22. The molecule has 23 heavy (non-hydrogen) atoms. The summed E-state index contributed by atoms with van der Waals surface area (Å²) < 4.78 is 5.39. The highest BCUT2D eigenvalue weighted by molar-refractivity contribution is 5.59. The molecule has 0 fully saturated rings. The summed E-state index contributed by atoms with van der Waals surface area (Å²) >= 11 is 0. The lowest BCUT2D eigenvalue weighted by Crippen LogP contribution is -2.20. The molecule has 0 amide bonds. The largest absolute Gasteiger partial charge is 0.334 e. The first-order valence-corrected chi connectivity index (χ1v) is 7.39. The fraction of sp³-hybridized carbons (Fsp3) is 0.111. The molecule has 1 aliphatic rings. The second-order valence-corrected chi connectivity index (χ2v) is 5.26. The van der Waals surface area contributed by atoms with Crippen LogP contribution in [0.3, 0.4) is 0 Å². The van der Waals surface area contributed by atoms with Crippen molar-refractivity contribution in [3.63, 3.8) is 0 Å². The standard InChI is InChI=1S/C18H14N4O/c1-2-6-16-19-14-10-9-13(11-15(14)20-16)18-21-17(22-23-18)12-7-4-3-5-8-12/h2-5,7-11,16H,1,6H2. The van der Waals surface area contributed by atoms with Crippen molar-refractivity contribution in [3.8, 4) is 22.8 Å². The van der Waals surface area contributed by atoms with Gasteiger partial charge in [0.1, 0.15) is 6.17 Å². The van der Waals surface area contributed by atoms with E-state index < -0.39 is 0 Å². The average molecular weight is 302 g/mol. The monoisotopic (exact) mass is 302 g/mol. The third kappa shape index (κ3) is 2.57. The van der Waals surface area contributed by atoms with Gasteiger partial charge < -0.3 is 4.52 Å². The maximum Gasteiger partial charge on any atom is 0.258 e. The highest BCUT2D eigenvalue weighted by Crippen LogP contribution is 2.20. The summed E-state index contributed by atoms with van der Waals surface area (Å²) in [6.45, 7) is 3.73. The summed E-state index contributed by atoms with van der Waals surface area (Å²) in [5.41, 5.74) is 1.77. The topological polar surface area (TPSA) is 63.6 Å². The van der Waals surface area contributed by atoms with E-state index in [0.29, 0.717) is 11.7 Å². The van der Waals surface area contributed by atoms with Crippen LogP contribution in [-0.4, -0.2) is 16.3 Å². The Kier molecular flexibility index (Phi) is 3.31. The van der Waals surface area contributed by atoms with Gasteiger partial charge in [-0.1, -0.05) is 41.6 Å². The molecule has 1 aromatic heterocycles. The lowest BCUT2D eigenvalue weighted by molar-refractivity contribution is 0.432. The summed E-state index contributed by atoms with van der Waals surface area (Å²) in [6, 6.07) is 15.5. The van der Waals surface area contributed by atoms with E-state index in [1.165, 1.54) is 0 Å². The maximum absolute atomic E-state index is 5.39. The molecule has 5 heteroatoms. The van der Waals surface area contributed by atoms with Crippen LogP contribution in [-0.2, 0) is 0 Å². The highest BCUT2D eigenvalue weighted by Gasteiger charge is 2.13. The van der Waals surface area contributed by atoms with Gasteiger partial charge >= 0.3 is 0 Å². The fourth-order valence-electron chi connectivity index (χ4n) is 2.52. The lowest BCUT2D eigenvalue weighted by atomic mass is 10.2. The van der Waals surface area contributed by atoms with Crippen LogP contribution >= 0.6 is 0 Å².